The van der Waals surface area contributed by atoms with E-state index in [4.69, 9.17) is 0 Å². The summed E-state index contributed by atoms with van der Waals surface area (Å²) < 4.78 is 8.16. The molecule has 272 valence electrons. The molecule has 0 amide bonds. The van der Waals surface area contributed by atoms with Gasteiger partial charge >= 0.3 is 0 Å². The lowest BCUT2D eigenvalue weighted by molar-refractivity contribution is 0.951. The molecule has 0 N–H and O–H groups in total. The average molecular weight is 809 g/mol. The molecule has 4 heteroatoms. The largest absolute Gasteiger partial charge is 0.135 e. The predicted molar refractivity (Wildman–Crippen MR) is 256 cm³/mol. The zero-order valence-corrected chi connectivity index (χ0v) is 34.4. The van der Waals surface area contributed by atoms with Crippen LogP contribution >= 0.6 is 45.8 Å². The van der Waals surface area contributed by atoms with Crippen LogP contribution < -0.4 is 9.75 Å². The van der Waals surface area contributed by atoms with Gasteiger partial charge in [-0.25, -0.2) is 0 Å². The van der Waals surface area contributed by atoms with Gasteiger partial charge in [0.05, 0.1) is 0 Å². The van der Waals surface area contributed by atoms with Crippen molar-refractivity contribution in [1.29, 1.82) is 0 Å². The second-order valence-corrected chi connectivity index (χ2v) is 20.0. The number of thiophene rings is 3. The number of rotatable bonds is 4. The second-order valence-electron chi connectivity index (χ2n) is 15.6. The van der Waals surface area contributed by atoms with Gasteiger partial charge in [0.2, 0.25) is 0 Å². The summed E-state index contributed by atoms with van der Waals surface area (Å²) in [6.07, 6.45) is 5.11. The molecule has 0 saturated carbocycles. The average Bonchev–Trinajstić information content (AvgIpc) is 4.03. The number of hydrogen-bond acceptors (Lipinski definition) is 4. The van der Waals surface area contributed by atoms with Crippen LogP contribution in [0.2, 0.25) is 0 Å². The molecule has 3 aromatic heterocycles. The van der Waals surface area contributed by atoms with Crippen LogP contribution in [-0.2, 0) is 0 Å². The maximum absolute atomic E-state index is 2.57. The molecule has 0 radical (unpaired) electrons. The first-order valence-corrected chi connectivity index (χ1v) is 23.1. The maximum atomic E-state index is 2.57. The van der Waals surface area contributed by atoms with E-state index >= 15 is 0 Å². The monoisotopic (exact) mass is 808 g/mol. The highest BCUT2D eigenvalue weighted by Gasteiger charge is 2.33. The van der Waals surface area contributed by atoms with Crippen LogP contribution in [0.1, 0.15) is 11.5 Å². The zero-order valence-electron chi connectivity index (χ0n) is 31.1. The molecule has 1 aliphatic carbocycles. The topological polar surface area (TPSA) is 0 Å². The van der Waals surface area contributed by atoms with Gasteiger partial charge < -0.3 is 0 Å². The van der Waals surface area contributed by atoms with E-state index < -0.39 is 0 Å². The highest BCUT2D eigenvalue weighted by Crippen LogP contribution is 2.49. The fraction of sp³-hybridized carbons (Fsp3) is 0.0370. The highest BCUT2D eigenvalue weighted by molar-refractivity contribution is 8.00. The van der Waals surface area contributed by atoms with Gasteiger partial charge in [0.1, 0.15) is 0 Å². The van der Waals surface area contributed by atoms with Crippen molar-refractivity contribution in [3.8, 4) is 44.5 Å². The summed E-state index contributed by atoms with van der Waals surface area (Å²) in [6.45, 7) is 0. The van der Waals surface area contributed by atoms with E-state index in [9.17, 15) is 0 Å². The summed E-state index contributed by atoms with van der Waals surface area (Å²) in [6, 6.07) is 63.7. The van der Waals surface area contributed by atoms with Crippen molar-refractivity contribution >= 4 is 108 Å². The van der Waals surface area contributed by atoms with Crippen molar-refractivity contribution in [2.75, 3.05) is 0 Å². The van der Waals surface area contributed by atoms with E-state index in [-0.39, 0.29) is 0 Å². The molecule has 2 unspecified atom stereocenters. The third-order valence-electron chi connectivity index (χ3n) is 12.2. The summed E-state index contributed by atoms with van der Waals surface area (Å²) in [5.41, 5.74) is 11.6. The molecule has 0 nitrogen and oxygen atoms in total. The van der Waals surface area contributed by atoms with Gasteiger partial charge in [-0.1, -0.05) is 115 Å². The minimum Gasteiger partial charge on any atom is -0.135 e. The summed E-state index contributed by atoms with van der Waals surface area (Å²) in [5, 5.41) is 8.58. The smallest absolute Gasteiger partial charge is 0.0395 e. The first-order valence-electron chi connectivity index (χ1n) is 19.8. The van der Waals surface area contributed by atoms with Crippen molar-refractivity contribution < 1.29 is 0 Å². The molecule has 8 aromatic carbocycles. The number of fused-ring (bicyclic) bond motifs is 12. The van der Waals surface area contributed by atoms with Crippen LogP contribution in [0, 0.1) is 0 Å². The fourth-order valence-corrected chi connectivity index (χ4v) is 14.2. The Morgan fingerprint density at radius 1 is 0.328 bits per heavy atom. The third-order valence-corrected chi connectivity index (χ3v) is 17.0. The SMILES string of the molecule is C1=c2sc3ccc(-c4cccc(-c5ccc6sc7cc8sc9ccc(-c%10ccccc%10)cc9c8cc7c6c5)c4)cc3c2=CC2c3cc(-c4ccccc4)ccc3SC12. The van der Waals surface area contributed by atoms with Crippen molar-refractivity contribution in [1.82, 2.24) is 0 Å². The summed E-state index contributed by atoms with van der Waals surface area (Å²) in [7, 11) is 0. The number of hydrogen-bond donors (Lipinski definition) is 0. The second kappa shape index (κ2) is 12.9. The molecule has 58 heavy (non-hydrogen) atoms. The van der Waals surface area contributed by atoms with Crippen molar-refractivity contribution in [2.24, 2.45) is 0 Å². The quantitative estimate of drug-likeness (QED) is 0.171. The first kappa shape index (κ1) is 33.2. The van der Waals surface area contributed by atoms with Crippen LogP contribution in [0.5, 0.6) is 0 Å². The Balaban J connectivity index is 0.876. The van der Waals surface area contributed by atoms with E-state index in [1.165, 1.54) is 115 Å². The molecule has 0 spiro atoms. The van der Waals surface area contributed by atoms with E-state index in [0.29, 0.717) is 11.2 Å². The molecule has 11 aromatic rings. The third kappa shape index (κ3) is 5.26. The molecule has 1 aliphatic heterocycles. The molecule has 4 heterocycles. The lowest BCUT2D eigenvalue weighted by Gasteiger charge is -2.15. The van der Waals surface area contributed by atoms with Crippen molar-refractivity contribution in [3.05, 3.63) is 185 Å². The van der Waals surface area contributed by atoms with Crippen molar-refractivity contribution in [2.45, 2.75) is 16.1 Å². The van der Waals surface area contributed by atoms with Crippen LogP contribution in [0.25, 0.3) is 107 Å². The summed E-state index contributed by atoms with van der Waals surface area (Å²) in [4.78, 5) is 1.42. The van der Waals surface area contributed by atoms with Gasteiger partial charge in [-0.15, -0.1) is 45.8 Å². The first-order chi connectivity index (χ1) is 28.7. The Hall–Kier alpha value is -5.75. The molecule has 0 fully saturated rings. The van der Waals surface area contributed by atoms with Gasteiger partial charge in [0.25, 0.3) is 0 Å². The summed E-state index contributed by atoms with van der Waals surface area (Å²) in [5.74, 6) is 0.380. The lowest BCUT2D eigenvalue weighted by Crippen LogP contribution is -2.28. The van der Waals surface area contributed by atoms with Crippen molar-refractivity contribution in [3.63, 3.8) is 0 Å². The van der Waals surface area contributed by atoms with Gasteiger partial charge in [0.15, 0.2) is 0 Å². The van der Waals surface area contributed by atoms with Gasteiger partial charge in [-0.3, -0.25) is 0 Å². The molecule has 0 bridgehead atoms. The van der Waals surface area contributed by atoms with Crippen LogP contribution in [-0.4, -0.2) is 5.25 Å². The minimum atomic E-state index is 0.380. The zero-order chi connectivity index (χ0) is 37.9. The van der Waals surface area contributed by atoms with E-state index in [1.807, 2.05) is 45.8 Å². The molecular weight excluding hydrogens is 777 g/mol. The molecular formula is C54H32S4. The number of benzene rings is 8. The van der Waals surface area contributed by atoms with Crippen LogP contribution in [0.15, 0.2) is 175 Å². The van der Waals surface area contributed by atoms with Crippen LogP contribution in [0.3, 0.4) is 0 Å². The Bertz CT molecular complexity index is 3600. The van der Waals surface area contributed by atoms with Gasteiger partial charge in [0, 0.05) is 71.0 Å². The Morgan fingerprint density at radius 3 is 1.47 bits per heavy atom. The van der Waals surface area contributed by atoms with E-state index in [2.05, 4.69) is 182 Å². The highest BCUT2D eigenvalue weighted by atomic mass is 32.2. The molecule has 2 atom stereocenters. The Morgan fingerprint density at radius 2 is 0.828 bits per heavy atom. The number of thioether (sulfide) groups is 1. The van der Waals surface area contributed by atoms with Crippen LogP contribution in [0.4, 0.5) is 0 Å². The van der Waals surface area contributed by atoms with Gasteiger partial charge in [-0.05, 0) is 122 Å². The Labute approximate surface area is 351 Å². The molecule has 13 rings (SSSR count). The lowest BCUT2D eigenvalue weighted by atomic mass is 9.89. The van der Waals surface area contributed by atoms with Gasteiger partial charge in [-0.2, -0.15) is 0 Å². The normalized spacial score (nSPS) is 15.8. The molecule has 2 aliphatic rings. The maximum Gasteiger partial charge on any atom is 0.0395 e. The predicted octanol–water partition coefficient (Wildman–Crippen LogP) is 15.1. The van der Waals surface area contributed by atoms with E-state index in [0.717, 1.165) is 0 Å². The Kier molecular flexibility index (Phi) is 7.38. The molecule has 0 saturated heterocycles. The van der Waals surface area contributed by atoms with E-state index in [1.54, 1.807) is 0 Å². The fourth-order valence-electron chi connectivity index (χ4n) is 9.30. The standard InChI is InChI=1S/C54H32S4/c1-3-8-31(9-4-1)35-14-18-47-39(23-35)43-27-45-41-25-37(16-20-49(41)57-53(45)29-51(43)55-47)33-12-7-13-34(22-33)38-17-21-50-42(26-38)46-28-44-40-24-36(32-10-5-2-6-11-32)15-19-48(40)56-52(44)30-54(46)58-50/h1-30,43,51H. The minimum absolute atomic E-state index is 0.380. The summed E-state index contributed by atoms with van der Waals surface area (Å²) >= 11 is 7.76.